The van der Waals surface area contributed by atoms with Crippen LogP contribution in [0.15, 0.2) is 23.6 Å². The molecule has 0 amide bonds. The molecule has 1 fully saturated rings. The van der Waals surface area contributed by atoms with Crippen molar-refractivity contribution in [1.82, 2.24) is 19.4 Å². The summed E-state index contributed by atoms with van der Waals surface area (Å²) in [5.74, 6) is 0.0318. The number of nitrogens with one attached hydrogen (secondary N) is 1. The lowest BCUT2D eigenvalue weighted by Crippen LogP contribution is -2.44. The summed E-state index contributed by atoms with van der Waals surface area (Å²) in [6.07, 6.45) is 4.60. The van der Waals surface area contributed by atoms with Crippen LogP contribution in [0.5, 0.6) is 0 Å². The molecule has 0 spiro atoms. The summed E-state index contributed by atoms with van der Waals surface area (Å²) in [6.45, 7) is 3.88. The summed E-state index contributed by atoms with van der Waals surface area (Å²) in [5.41, 5.74) is 1.71. The first-order chi connectivity index (χ1) is 11.1. The third-order valence-electron chi connectivity index (χ3n) is 4.45. The van der Waals surface area contributed by atoms with E-state index in [0.29, 0.717) is 12.5 Å². The Labute approximate surface area is 134 Å². The van der Waals surface area contributed by atoms with Crippen LogP contribution in [-0.2, 0) is 11.8 Å². The van der Waals surface area contributed by atoms with Crippen molar-refractivity contribution in [3.05, 3.63) is 24.1 Å². The SMILES string of the molecule is C[C@@H]1CCN(CC(=O)C#N)C[C@@H]1N=c1ncn(C)c2[nH]ccc12. The van der Waals surface area contributed by atoms with Gasteiger partial charge in [0.1, 0.15) is 11.7 Å². The van der Waals surface area contributed by atoms with Crippen molar-refractivity contribution in [2.75, 3.05) is 19.6 Å². The lowest BCUT2D eigenvalue weighted by atomic mass is 9.94. The zero-order valence-corrected chi connectivity index (χ0v) is 13.4. The second kappa shape index (κ2) is 6.34. The fourth-order valence-corrected chi connectivity index (χ4v) is 3.03. The van der Waals surface area contributed by atoms with Gasteiger partial charge in [-0.2, -0.15) is 5.26 Å². The number of carbonyl (C=O) groups is 1. The number of hydrogen-bond donors (Lipinski definition) is 1. The van der Waals surface area contributed by atoms with Crippen molar-refractivity contribution in [2.24, 2.45) is 18.0 Å². The molecule has 2 aromatic heterocycles. The van der Waals surface area contributed by atoms with E-state index in [1.807, 2.05) is 28.8 Å². The molecule has 0 radical (unpaired) electrons. The van der Waals surface area contributed by atoms with Gasteiger partial charge in [0.05, 0.1) is 24.3 Å². The van der Waals surface area contributed by atoms with E-state index in [4.69, 9.17) is 10.3 Å². The van der Waals surface area contributed by atoms with Crippen molar-refractivity contribution in [3.8, 4) is 6.07 Å². The van der Waals surface area contributed by atoms with E-state index < -0.39 is 5.78 Å². The van der Waals surface area contributed by atoms with Gasteiger partial charge in [-0.15, -0.1) is 0 Å². The third kappa shape index (κ3) is 3.17. The normalized spacial score (nSPS) is 23.1. The van der Waals surface area contributed by atoms with E-state index >= 15 is 0 Å². The fourth-order valence-electron chi connectivity index (χ4n) is 3.03. The molecule has 1 N–H and O–H groups in total. The summed E-state index contributed by atoms with van der Waals surface area (Å²) >= 11 is 0. The Hall–Kier alpha value is -2.46. The Balaban J connectivity index is 1.90. The minimum atomic E-state index is -0.392. The molecule has 1 aliphatic rings. The quantitative estimate of drug-likeness (QED) is 0.841. The second-order valence-corrected chi connectivity index (χ2v) is 6.15. The standard InChI is InChI=1S/C16H20N6O/c1-11-4-6-22(8-12(23)7-17)9-14(11)20-15-13-3-5-18-16(13)21(2)10-19-15/h3,5,10-11,14,18H,4,6,8-9H2,1-2H3/t11-,14+/m1/s1. The van der Waals surface area contributed by atoms with Crippen LogP contribution in [0.3, 0.4) is 0 Å². The molecule has 7 nitrogen and oxygen atoms in total. The van der Waals surface area contributed by atoms with E-state index in [0.717, 1.165) is 29.5 Å². The molecular formula is C16H20N6O. The number of rotatable bonds is 3. The Bertz CT molecular complexity index is 827. The van der Waals surface area contributed by atoms with Crippen LogP contribution in [0.2, 0.25) is 0 Å². The van der Waals surface area contributed by atoms with Crippen LogP contribution in [0.4, 0.5) is 0 Å². The third-order valence-corrected chi connectivity index (χ3v) is 4.45. The highest BCUT2D eigenvalue weighted by molar-refractivity contribution is 5.94. The summed E-state index contributed by atoms with van der Waals surface area (Å²) in [4.78, 5) is 25.8. The van der Waals surface area contributed by atoms with Gasteiger partial charge in [-0.3, -0.25) is 14.7 Å². The highest BCUT2D eigenvalue weighted by atomic mass is 16.1. The Morgan fingerprint density at radius 1 is 1.61 bits per heavy atom. The van der Waals surface area contributed by atoms with Crippen LogP contribution in [0.25, 0.3) is 11.0 Å². The first-order valence-electron chi connectivity index (χ1n) is 7.76. The molecule has 1 aliphatic heterocycles. The number of aromatic nitrogens is 3. The number of fused-ring (bicyclic) bond motifs is 1. The van der Waals surface area contributed by atoms with Crippen molar-refractivity contribution >= 4 is 16.8 Å². The van der Waals surface area contributed by atoms with Gasteiger partial charge in [0.2, 0.25) is 5.78 Å². The average Bonchev–Trinajstić information content (AvgIpc) is 3.03. The van der Waals surface area contributed by atoms with Crippen LogP contribution < -0.4 is 5.49 Å². The number of H-pyrrole nitrogens is 1. The molecule has 2 atom stereocenters. The number of nitrogens with zero attached hydrogens (tertiary/aromatic N) is 5. The number of likely N-dealkylation sites (tertiary alicyclic amines) is 1. The van der Waals surface area contributed by atoms with E-state index in [1.54, 1.807) is 12.4 Å². The summed E-state index contributed by atoms with van der Waals surface area (Å²) in [7, 11) is 1.94. The zero-order chi connectivity index (χ0) is 16.4. The number of aryl methyl sites for hydroxylation is 1. The maximum Gasteiger partial charge on any atom is 0.245 e. The molecule has 0 unspecified atom stereocenters. The molecule has 0 bridgehead atoms. The van der Waals surface area contributed by atoms with Crippen LogP contribution in [0, 0.1) is 17.2 Å². The number of Topliss-reactive ketones (excluding diaryl/α,β-unsaturated/α-hetero) is 1. The molecular weight excluding hydrogens is 292 g/mol. The molecule has 3 heterocycles. The lowest BCUT2D eigenvalue weighted by molar-refractivity contribution is -0.115. The minimum Gasteiger partial charge on any atom is -0.347 e. The van der Waals surface area contributed by atoms with Crippen LogP contribution in [0.1, 0.15) is 13.3 Å². The predicted molar refractivity (Wildman–Crippen MR) is 85.3 cm³/mol. The van der Waals surface area contributed by atoms with Crippen molar-refractivity contribution in [1.29, 1.82) is 5.26 Å². The molecule has 23 heavy (non-hydrogen) atoms. The molecule has 2 aromatic rings. The Kier molecular flexibility index (Phi) is 4.26. The molecule has 0 aromatic carbocycles. The topological polar surface area (TPSA) is 90.1 Å². The van der Waals surface area contributed by atoms with E-state index in [2.05, 4.69) is 16.9 Å². The monoisotopic (exact) mass is 312 g/mol. The molecule has 0 saturated carbocycles. The number of carbonyl (C=O) groups excluding carboxylic acids is 1. The average molecular weight is 312 g/mol. The highest BCUT2D eigenvalue weighted by Crippen LogP contribution is 2.19. The van der Waals surface area contributed by atoms with Gasteiger partial charge in [0, 0.05) is 19.8 Å². The molecule has 1 saturated heterocycles. The van der Waals surface area contributed by atoms with Crippen molar-refractivity contribution in [2.45, 2.75) is 19.4 Å². The smallest absolute Gasteiger partial charge is 0.245 e. The largest absolute Gasteiger partial charge is 0.347 e. The zero-order valence-electron chi connectivity index (χ0n) is 13.4. The summed E-state index contributed by atoms with van der Waals surface area (Å²) in [6, 6.07) is 3.74. The maximum atomic E-state index is 11.4. The van der Waals surface area contributed by atoms with Crippen LogP contribution >= 0.6 is 0 Å². The number of nitriles is 1. The van der Waals surface area contributed by atoms with Gasteiger partial charge in [0.25, 0.3) is 0 Å². The van der Waals surface area contributed by atoms with E-state index in [1.165, 1.54) is 0 Å². The maximum absolute atomic E-state index is 11.4. The first-order valence-corrected chi connectivity index (χ1v) is 7.76. The Morgan fingerprint density at radius 3 is 3.22 bits per heavy atom. The molecule has 120 valence electrons. The van der Waals surface area contributed by atoms with E-state index in [9.17, 15) is 4.79 Å². The lowest BCUT2D eigenvalue weighted by Gasteiger charge is -2.34. The predicted octanol–water partition coefficient (Wildman–Crippen LogP) is 0.605. The van der Waals surface area contributed by atoms with Crippen LogP contribution in [-0.4, -0.2) is 50.9 Å². The van der Waals surface area contributed by atoms with Crippen molar-refractivity contribution in [3.63, 3.8) is 0 Å². The Morgan fingerprint density at radius 2 is 2.43 bits per heavy atom. The van der Waals surface area contributed by atoms with Gasteiger partial charge in [-0.05, 0) is 24.9 Å². The van der Waals surface area contributed by atoms with Gasteiger partial charge < -0.3 is 9.55 Å². The minimum absolute atomic E-state index is 0.0774. The number of hydrogen-bond acceptors (Lipinski definition) is 5. The first kappa shape index (κ1) is 15.4. The number of piperidine rings is 1. The fraction of sp³-hybridized carbons (Fsp3) is 0.500. The number of ketones is 1. The van der Waals surface area contributed by atoms with Gasteiger partial charge in [0.15, 0.2) is 5.49 Å². The summed E-state index contributed by atoms with van der Waals surface area (Å²) < 4.78 is 1.93. The summed E-state index contributed by atoms with van der Waals surface area (Å²) in [5, 5.41) is 9.67. The number of aromatic amines is 1. The second-order valence-electron chi connectivity index (χ2n) is 6.15. The van der Waals surface area contributed by atoms with E-state index in [-0.39, 0.29) is 12.6 Å². The molecule has 3 rings (SSSR count). The highest BCUT2D eigenvalue weighted by Gasteiger charge is 2.27. The van der Waals surface area contributed by atoms with Gasteiger partial charge in [-0.25, -0.2) is 4.98 Å². The van der Waals surface area contributed by atoms with Gasteiger partial charge >= 0.3 is 0 Å². The molecule has 0 aliphatic carbocycles. The van der Waals surface area contributed by atoms with Crippen molar-refractivity contribution < 1.29 is 4.79 Å². The van der Waals surface area contributed by atoms with Gasteiger partial charge in [-0.1, -0.05) is 6.92 Å². The molecule has 7 heteroatoms.